The van der Waals surface area contributed by atoms with E-state index in [1.165, 1.54) is 6.33 Å². The molecule has 0 amide bonds. The maximum absolute atomic E-state index is 9.23. The van der Waals surface area contributed by atoms with Crippen LogP contribution < -0.4 is 14.8 Å². The van der Waals surface area contributed by atoms with Crippen LogP contribution in [0.3, 0.4) is 0 Å². The predicted octanol–water partition coefficient (Wildman–Crippen LogP) is 4.70. The lowest BCUT2D eigenvalue weighted by molar-refractivity contribution is -0.0315. The number of hydrogen-bond donors (Lipinski definition) is 1. The van der Waals surface area contributed by atoms with Crippen molar-refractivity contribution < 1.29 is 14.2 Å². The Labute approximate surface area is 230 Å². The number of hydrogen-bond acceptors (Lipinski definition) is 8. The lowest BCUT2D eigenvalue weighted by Gasteiger charge is -2.37. The van der Waals surface area contributed by atoms with Gasteiger partial charge in [0.2, 0.25) is 12.2 Å². The van der Waals surface area contributed by atoms with Crippen molar-refractivity contribution in [3.05, 3.63) is 46.7 Å². The van der Waals surface area contributed by atoms with Crippen LogP contribution in [0.5, 0.6) is 11.5 Å². The minimum atomic E-state index is -0.201. The van der Waals surface area contributed by atoms with Crippen molar-refractivity contribution in [3.63, 3.8) is 0 Å². The van der Waals surface area contributed by atoms with Crippen LogP contribution in [0, 0.1) is 11.5 Å². The highest BCUT2D eigenvalue weighted by Crippen LogP contribution is 2.35. The summed E-state index contributed by atoms with van der Waals surface area (Å²) in [4.78, 5) is 17.2. The van der Waals surface area contributed by atoms with Gasteiger partial charge in [-0.05, 0) is 37.1 Å². The Hall–Kier alpha value is -3.52. The smallest absolute Gasteiger partial charge is 0.212 e. The molecule has 0 aliphatic carbocycles. The van der Waals surface area contributed by atoms with E-state index in [2.05, 4.69) is 30.1 Å². The van der Waals surface area contributed by atoms with E-state index in [1.54, 1.807) is 19.2 Å². The van der Waals surface area contributed by atoms with Crippen LogP contribution in [0.1, 0.15) is 12.8 Å². The number of benzene rings is 2. The van der Waals surface area contributed by atoms with Gasteiger partial charge in [0.25, 0.3) is 0 Å². The van der Waals surface area contributed by atoms with Crippen LogP contribution in [0.15, 0.2) is 41.7 Å². The number of aliphatic imine (C=N–C) groups is 1. The Morgan fingerprint density at radius 2 is 1.97 bits per heavy atom. The van der Waals surface area contributed by atoms with E-state index in [9.17, 15) is 5.26 Å². The van der Waals surface area contributed by atoms with Gasteiger partial charge in [0, 0.05) is 36.8 Å². The molecule has 198 valence electrons. The average Bonchev–Trinajstić information content (AvgIpc) is 3.47. The topological polar surface area (TPSA) is 108 Å². The van der Waals surface area contributed by atoms with E-state index in [4.69, 9.17) is 37.4 Å². The fraction of sp³-hybridized carbons (Fsp3) is 0.385. The normalized spacial score (nSPS) is 17.9. The summed E-state index contributed by atoms with van der Waals surface area (Å²) in [6, 6.07) is 8.93. The first-order valence-electron chi connectivity index (χ1n) is 12.3. The number of aromatic nitrogens is 2. The first-order chi connectivity index (χ1) is 18.6. The molecule has 0 spiro atoms. The molecule has 1 aromatic heterocycles. The Kier molecular flexibility index (Phi) is 8.17. The quantitative estimate of drug-likeness (QED) is 0.263. The molecule has 0 saturated carbocycles. The summed E-state index contributed by atoms with van der Waals surface area (Å²) < 4.78 is 17.8. The Bertz CT molecular complexity index is 1370. The highest BCUT2D eigenvalue weighted by Gasteiger charge is 2.28. The number of anilines is 2. The van der Waals surface area contributed by atoms with Crippen molar-refractivity contribution in [2.45, 2.75) is 18.9 Å². The Morgan fingerprint density at radius 1 is 1.13 bits per heavy atom. The largest absolute Gasteiger partial charge is 0.493 e. The zero-order valence-corrected chi connectivity index (χ0v) is 22.4. The number of nitrogens with one attached hydrogen (secondary N) is 1. The van der Waals surface area contributed by atoms with Crippen molar-refractivity contribution in [2.24, 2.45) is 4.99 Å². The highest BCUT2D eigenvalue weighted by molar-refractivity contribution is 6.42. The average molecular weight is 556 g/mol. The summed E-state index contributed by atoms with van der Waals surface area (Å²) in [7, 11) is 1.59. The molecule has 5 rings (SSSR count). The summed E-state index contributed by atoms with van der Waals surface area (Å²) >= 11 is 12.2. The first-order valence-corrected chi connectivity index (χ1v) is 13.1. The van der Waals surface area contributed by atoms with E-state index < -0.39 is 0 Å². The molecule has 2 fully saturated rings. The van der Waals surface area contributed by atoms with Crippen molar-refractivity contribution in [2.75, 3.05) is 51.8 Å². The number of nitrogens with zero attached hydrogens (tertiary/aromatic N) is 6. The van der Waals surface area contributed by atoms with Crippen LogP contribution in [-0.4, -0.2) is 78.3 Å². The number of nitriles is 1. The van der Waals surface area contributed by atoms with Gasteiger partial charge in [0.05, 0.1) is 35.8 Å². The number of methoxy groups -OCH3 is 1. The van der Waals surface area contributed by atoms with Gasteiger partial charge in [0.1, 0.15) is 24.9 Å². The second-order valence-electron chi connectivity index (χ2n) is 8.95. The third kappa shape index (κ3) is 5.80. The van der Waals surface area contributed by atoms with Gasteiger partial charge in [0.15, 0.2) is 11.5 Å². The van der Waals surface area contributed by atoms with Crippen molar-refractivity contribution in [3.8, 4) is 17.7 Å². The number of ether oxygens (including phenoxy) is 3. The van der Waals surface area contributed by atoms with Crippen LogP contribution in [0.4, 0.5) is 11.5 Å². The van der Waals surface area contributed by atoms with Gasteiger partial charge in [-0.2, -0.15) is 5.26 Å². The van der Waals surface area contributed by atoms with Crippen molar-refractivity contribution >= 4 is 51.6 Å². The van der Waals surface area contributed by atoms with Gasteiger partial charge in [-0.25, -0.2) is 9.97 Å². The predicted molar refractivity (Wildman–Crippen MR) is 146 cm³/mol. The molecular formula is C26H27Cl2N7O3. The van der Waals surface area contributed by atoms with Crippen LogP contribution in [-0.2, 0) is 4.74 Å². The molecule has 2 aliphatic heterocycles. The van der Waals surface area contributed by atoms with E-state index in [0.717, 1.165) is 43.0 Å². The summed E-state index contributed by atoms with van der Waals surface area (Å²) in [6.07, 6.45) is 5.46. The second-order valence-corrected chi connectivity index (χ2v) is 9.77. The minimum Gasteiger partial charge on any atom is -0.493 e. The standard InChI is InChI=1S/C26H27Cl2N7O3/c1-36-23-11-19-22(31-16-32-25(19)33-17-4-5-20(27)21(28)10-17)12-24(23)38-14-18-13-35(8-9-37-18)26(30-15-29)34-6-2-3-7-34/h4-5,10-12,16,18H,2-3,6-9,13-14H2,1H3,(H,31,32,33)/b30-26+. The minimum absolute atomic E-state index is 0.201. The monoisotopic (exact) mass is 555 g/mol. The maximum Gasteiger partial charge on any atom is 0.212 e. The number of morpholine rings is 1. The van der Waals surface area contributed by atoms with Gasteiger partial charge in [-0.1, -0.05) is 23.2 Å². The maximum atomic E-state index is 9.23. The van der Waals surface area contributed by atoms with Gasteiger partial charge in [-0.3, -0.25) is 0 Å². The first kappa shape index (κ1) is 26.1. The second kappa shape index (κ2) is 11.9. The van der Waals surface area contributed by atoms with E-state index in [0.29, 0.717) is 59.2 Å². The molecule has 1 atom stereocenters. The molecule has 38 heavy (non-hydrogen) atoms. The number of rotatable bonds is 6. The number of halogens is 2. The van der Waals surface area contributed by atoms with Crippen LogP contribution in [0.25, 0.3) is 10.9 Å². The molecule has 1 unspecified atom stereocenters. The van der Waals surface area contributed by atoms with E-state index >= 15 is 0 Å². The fourth-order valence-corrected chi connectivity index (χ4v) is 4.93. The third-order valence-corrected chi connectivity index (χ3v) is 7.23. The summed E-state index contributed by atoms with van der Waals surface area (Å²) in [5, 5.41) is 14.2. The third-order valence-electron chi connectivity index (χ3n) is 6.49. The van der Waals surface area contributed by atoms with Crippen molar-refractivity contribution in [1.29, 1.82) is 5.26 Å². The molecule has 0 radical (unpaired) electrons. The van der Waals surface area contributed by atoms with Crippen LogP contribution in [0.2, 0.25) is 10.0 Å². The van der Waals surface area contributed by atoms with Crippen LogP contribution >= 0.6 is 23.2 Å². The fourth-order valence-electron chi connectivity index (χ4n) is 4.63. The molecule has 0 bridgehead atoms. The molecule has 10 nitrogen and oxygen atoms in total. The lowest BCUT2D eigenvalue weighted by atomic mass is 10.2. The molecule has 2 aliphatic rings. The van der Waals surface area contributed by atoms with Gasteiger partial charge in [-0.15, -0.1) is 4.99 Å². The molecule has 1 N–H and O–H groups in total. The lowest BCUT2D eigenvalue weighted by Crippen LogP contribution is -2.52. The summed E-state index contributed by atoms with van der Waals surface area (Å²) in [5.41, 5.74) is 1.42. The Balaban J connectivity index is 1.31. The SMILES string of the molecule is COc1cc2c(Nc3ccc(Cl)c(Cl)c3)ncnc2cc1OCC1CN(/C(=N/C#N)N2CCCC2)CCO1. The van der Waals surface area contributed by atoms with Crippen molar-refractivity contribution in [1.82, 2.24) is 19.8 Å². The number of fused-ring (bicyclic) bond motifs is 1. The molecule has 3 heterocycles. The molecule has 2 aromatic carbocycles. The van der Waals surface area contributed by atoms with E-state index in [1.807, 2.05) is 24.4 Å². The van der Waals surface area contributed by atoms with Gasteiger partial charge >= 0.3 is 0 Å². The van der Waals surface area contributed by atoms with E-state index in [-0.39, 0.29) is 6.10 Å². The van der Waals surface area contributed by atoms with Gasteiger partial charge < -0.3 is 29.3 Å². The molecule has 2 saturated heterocycles. The number of guanidine groups is 1. The summed E-state index contributed by atoms with van der Waals surface area (Å²) in [5.74, 6) is 2.40. The zero-order chi connectivity index (χ0) is 26.5. The molecule has 3 aromatic rings. The molecule has 12 heteroatoms. The highest BCUT2D eigenvalue weighted by atomic mass is 35.5. The zero-order valence-electron chi connectivity index (χ0n) is 20.9. The summed E-state index contributed by atoms with van der Waals surface area (Å²) in [6.45, 7) is 3.91. The number of likely N-dealkylation sites (tertiary alicyclic amines) is 1. The molecular weight excluding hydrogens is 529 g/mol. The Morgan fingerprint density at radius 3 is 2.74 bits per heavy atom.